The van der Waals surface area contributed by atoms with Gasteiger partial charge in [0.25, 0.3) is 5.91 Å². The summed E-state index contributed by atoms with van der Waals surface area (Å²) >= 11 is 0. The molecule has 4 nitrogen and oxygen atoms in total. The molecule has 0 aliphatic heterocycles. The Morgan fingerprint density at radius 1 is 1.25 bits per heavy atom. The molecule has 0 spiro atoms. The third kappa shape index (κ3) is 2.54. The van der Waals surface area contributed by atoms with Crippen LogP contribution in [0.4, 0.5) is 0 Å². The van der Waals surface area contributed by atoms with Crippen LogP contribution < -0.4 is 5.32 Å². The quantitative estimate of drug-likeness (QED) is 0.760. The Kier molecular flexibility index (Phi) is 3.46. The molecular formula is C16H14N3O. The Bertz CT molecular complexity index is 719. The van der Waals surface area contributed by atoms with Crippen LogP contribution in [0.2, 0.25) is 0 Å². The van der Waals surface area contributed by atoms with Gasteiger partial charge in [0.1, 0.15) is 0 Å². The van der Waals surface area contributed by atoms with E-state index >= 15 is 0 Å². The predicted octanol–water partition coefficient (Wildman–Crippen LogP) is 2.34. The molecule has 0 fully saturated rings. The molecule has 3 rings (SSSR count). The van der Waals surface area contributed by atoms with Crippen molar-refractivity contribution in [2.24, 2.45) is 0 Å². The fourth-order valence-corrected chi connectivity index (χ4v) is 2.15. The lowest BCUT2D eigenvalue weighted by Crippen LogP contribution is -2.26. The SMILES string of the molecule is O=C(NCCc1ccccn1)c1cccc2[c]c[nH]c12. The Labute approximate surface area is 116 Å². The zero-order valence-corrected chi connectivity index (χ0v) is 10.9. The van der Waals surface area contributed by atoms with Crippen LogP contribution in [0.1, 0.15) is 16.1 Å². The lowest BCUT2D eigenvalue weighted by molar-refractivity contribution is 0.0955. The second-order valence-corrected chi connectivity index (χ2v) is 4.49. The lowest BCUT2D eigenvalue weighted by atomic mass is 10.1. The Hall–Kier alpha value is -2.62. The van der Waals surface area contributed by atoms with Gasteiger partial charge in [0.15, 0.2) is 0 Å². The number of hydrogen-bond acceptors (Lipinski definition) is 2. The Morgan fingerprint density at radius 3 is 3.05 bits per heavy atom. The van der Waals surface area contributed by atoms with E-state index in [9.17, 15) is 4.79 Å². The maximum atomic E-state index is 12.2. The van der Waals surface area contributed by atoms with E-state index < -0.39 is 0 Å². The average Bonchev–Trinajstić information content (AvgIpc) is 2.96. The molecule has 0 bridgehead atoms. The molecule has 4 heteroatoms. The smallest absolute Gasteiger partial charge is 0.253 e. The predicted molar refractivity (Wildman–Crippen MR) is 77.4 cm³/mol. The molecule has 0 aliphatic rings. The van der Waals surface area contributed by atoms with Crippen molar-refractivity contribution >= 4 is 16.8 Å². The number of carbonyl (C=O) groups is 1. The molecule has 1 aromatic carbocycles. The van der Waals surface area contributed by atoms with Gasteiger partial charge in [0.05, 0.1) is 11.1 Å². The van der Waals surface area contributed by atoms with Crippen molar-refractivity contribution < 1.29 is 4.79 Å². The molecule has 1 radical (unpaired) electrons. The standard InChI is InChI=1S/C16H14N3O/c20-16(19-11-8-13-5-1-2-9-17-13)14-6-3-4-12-7-10-18-15(12)14/h1-6,9-10,18H,8,11H2,(H,19,20). The van der Waals surface area contributed by atoms with E-state index in [1.165, 1.54) is 0 Å². The van der Waals surface area contributed by atoms with Gasteiger partial charge < -0.3 is 10.3 Å². The number of aromatic amines is 1. The maximum Gasteiger partial charge on any atom is 0.253 e. The monoisotopic (exact) mass is 264 g/mol. The first kappa shape index (κ1) is 12.4. The summed E-state index contributed by atoms with van der Waals surface area (Å²) in [5.41, 5.74) is 2.44. The van der Waals surface area contributed by atoms with Gasteiger partial charge in [-0.15, -0.1) is 0 Å². The first-order valence-electron chi connectivity index (χ1n) is 6.50. The van der Waals surface area contributed by atoms with E-state index in [4.69, 9.17) is 0 Å². The van der Waals surface area contributed by atoms with Crippen molar-refractivity contribution in [2.75, 3.05) is 6.54 Å². The van der Waals surface area contributed by atoms with Crippen LogP contribution >= 0.6 is 0 Å². The van der Waals surface area contributed by atoms with Gasteiger partial charge in [-0.05, 0) is 18.2 Å². The summed E-state index contributed by atoms with van der Waals surface area (Å²) in [6.45, 7) is 0.566. The average molecular weight is 264 g/mol. The van der Waals surface area contributed by atoms with Crippen molar-refractivity contribution in [1.82, 2.24) is 15.3 Å². The summed E-state index contributed by atoms with van der Waals surface area (Å²) in [7, 11) is 0. The van der Waals surface area contributed by atoms with Crippen molar-refractivity contribution in [3.8, 4) is 0 Å². The van der Waals surface area contributed by atoms with Crippen LogP contribution in [-0.4, -0.2) is 22.4 Å². The summed E-state index contributed by atoms with van der Waals surface area (Å²) in [4.78, 5) is 19.5. The lowest BCUT2D eigenvalue weighted by Gasteiger charge is -2.06. The van der Waals surface area contributed by atoms with Crippen LogP contribution in [0.5, 0.6) is 0 Å². The van der Waals surface area contributed by atoms with Gasteiger partial charge >= 0.3 is 0 Å². The maximum absolute atomic E-state index is 12.2. The minimum atomic E-state index is -0.0811. The molecule has 2 N–H and O–H groups in total. The molecule has 2 heterocycles. The van der Waals surface area contributed by atoms with Crippen LogP contribution in [0.15, 0.2) is 48.8 Å². The number of amides is 1. The number of hydrogen-bond donors (Lipinski definition) is 2. The van der Waals surface area contributed by atoms with E-state index in [0.29, 0.717) is 12.1 Å². The van der Waals surface area contributed by atoms with Crippen molar-refractivity contribution in [3.05, 3.63) is 66.1 Å². The van der Waals surface area contributed by atoms with Gasteiger partial charge in [-0.1, -0.05) is 18.2 Å². The normalized spacial score (nSPS) is 10.6. The highest BCUT2D eigenvalue weighted by Crippen LogP contribution is 2.16. The zero-order chi connectivity index (χ0) is 13.8. The van der Waals surface area contributed by atoms with Crippen LogP contribution in [-0.2, 0) is 6.42 Å². The number of carbonyl (C=O) groups excluding carboxylic acids is 1. The number of fused-ring (bicyclic) bond motifs is 1. The van der Waals surface area contributed by atoms with Crippen LogP contribution in [0.25, 0.3) is 10.9 Å². The number of nitrogens with one attached hydrogen (secondary N) is 2. The van der Waals surface area contributed by atoms with E-state index in [1.807, 2.05) is 36.4 Å². The Balaban J connectivity index is 1.66. The van der Waals surface area contributed by atoms with E-state index in [0.717, 1.165) is 23.0 Å². The first-order chi connectivity index (χ1) is 9.84. The summed E-state index contributed by atoms with van der Waals surface area (Å²) < 4.78 is 0. The van der Waals surface area contributed by atoms with Crippen LogP contribution in [0, 0.1) is 6.07 Å². The van der Waals surface area contributed by atoms with Crippen molar-refractivity contribution in [3.63, 3.8) is 0 Å². The van der Waals surface area contributed by atoms with Gasteiger partial charge in [-0.3, -0.25) is 9.78 Å². The number of pyridine rings is 1. The number of benzene rings is 1. The number of rotatable bonds is 4. The first-order valence-corrected chi connectivity index (χ1v) is 6.50. The van der Waals surface area contributed by atoms with E-state index in [-0.39, 0.29) is 5.91 Å². The van der Waals surface area contributed by atoms with Crippen LogP contribution in [0.3, 0.4) is 0 Å². The third-order valence-electron chi connectivity index (χ3n) is 3.15. The third-order valence-corrected chi connectivity index (χ3v) is 3.15. The number of para-hydroxylation sites is 1. The molecule has 0 aliphatic carbocycles. The fourth-order valence-electron chi connectivity index (χ4n) is 2.15. The molecule has 2 aromatic heterocycles. The molecule has 20 heavy (non-hydrogen) atoms. The molecule has 0 saturated carbocycles. The summed E-state index contributed by atoms with van der Waals surface area (Å²) in [6, 6.07) is 14.4. The minimum absolute atomic E-state index is 0.0811. The minimum Gasteiger partial charge on any atom is -0.360 e. The second kappa shape index (κ2) is 5.57. The van der Waals surface area contributed by atoms with Gasteiger partial charge in [0, 0.05) is 42.5 Å². The largest absolute Gasteiger partial charge is 0.360 e. The molecule has 99 valence electrons. The number of H-pyrrole nitrogens is 1. The molecular weight excluding hydrogens is 250 g/mol. The van der Waals surface area contributed by atoms with Gasteiger partial charge in [-0.25, -0.2) is 0 Å². The highest BCUT2D eigenvalue weighted by atomic mass is 16.1. The fraction of sp³-hybridized carbons (Fsp3) is 0.125. The topological polar surface area (TPSA) is 57.8 Å². The van der Waals surface area contributed by atoms with Gasteiger partial charge in [0.2, 0.25) is 0 Å². The Morgan fingerprint density at radius 2 is 2.20 bits per heavy atom. The number of nitrogens with zero attached hydrogens (tertiary/aromatic N) is 1. The van der Waals surface area contributed by atoms with Crippen molar-refractivity contribution in [2.45, 2.75) is 6.42 Å². The van der Waals surface area contributed by atoms with E-state index in [1.54, 1.807) is 12.4 Å². The van der Waals surface area contributed by atoms with Crippen molar-refractivity contribution in [1.29, 1.82) is 0 Å². The zero-order valence-electron chi connectivity index (χ0n) is 10.9. The molecule has 1 amide bonds. The summed E-state index contributed by atoms with van der Waals surface area (Å²) in [5, 5.41) is 3.84. The summed E-state index contributed by atoms with van der Waals surface area (Å²) in [5.74, 6) is -0.0811. The van der Waals surface area contributed by atoms with E-state index in [2.05, 4.69) is 21.4 Å². The molecule has 0 unspecified atom stereocenters. The number of aromatic nitrogens is 2. The van der Waals surface area contributed by atoms with Gasteiger partial charge in [-0.2, -0.15) is 0 Å². The highest BCUT2D eigenvalue weighted by Gasteiger charge is 2.10. The summed E-state index contributed by atoms with van der Waals surface area (Å²) in [6.07, 6.45) is 4.20. The molecule has 0 atom stereocenters. The molecule has 0 saturated heterocycles. The second-order valence-electron chi connectivity index (χ2n) is 4.49. The molecule has 3 aromatic rings. The highest BCUT2D eigenvalue weighted by molar-refractivity contribution is 6.05.